The zero-order chi connectivity index (χ0) is 16.7. The number of hydrogen-bond donors (Lipinski definition) is 1. The topological polar surface area (TPSA) is 60.7 Å². The summed E-state index contributed by atoms with van der Waals surface area (Å²) >= 11 is 0. The average Bonchev–Trinajstić information content (AvgIpc) is 2.58. The maximum atomic E-state index is 12.9. The highest BCUT2D eigenvalue weighted by Gasteiger charge is 2.20. The lowest BCUT2D eigenvalue weighted by Crippen LogP contribution is -2.85. The van der Waals surface area contributed by atoms with E-state index < -0.39 is 0 Å². The fraction of sp³-hybridized carbons (Fsp3) is 0.556. The number of aromatic nitrogens is 2. The van der Waals surface area contributed by atoms with Crippen LogP contribution in [0, 0.1) is 0 Å². The van der Waals surface area contributed by atoms with E-state index in [-0.39, 0.29) is 11.6 Å². The number of methoxy groups -OCH3 is 1. The molecule has 2 rings (SSSR count). The normalized spacial score (nSPS) is 12.7. The largest absolute Gasteiger partial charge is 0.383 e. The van der Waals surface area contributed by atoms with E-state index in [9.17, 15) is 4.79 Å². The van der Waals surface area contributed by atoms with Crippen molar-refractivity contribution in [2.45, 2.75) is 45.7 Å². The first-order valence-corrected chi connectivity index (χ1v) is 8.54. The van der Waals surface area contributed by atoms with Crippen LogP contribution in [-0.2, 0) is 11.3 Å². The minimum absolute atomic E-state index is 0.0324. The van der Waals surface area contributed by atoms with Crippen molar-refractivity contribution in [2.75, 3.05) is 20.3 Å². The highest BCUT2D eigenvalue weighted by atomic mass is 16.5. The highest BCUT2D eigenvalue weighted by molar-refractivity contribution is 5.77. The van der Waals surface area contributed by atoms with Crippen molar-refractivity contribution in [1.29, 1.82) is 0 Å². The van der Waals surface area contributed by atoms with Gasteiger partial charge in [0.1, 0.15) is 6.04 Å². The monoisotopic (exact) mass is 318 g/mol. The predicted molar refractivity (Wildman–Crippen MR) is 92.6 cm³/mol. The van der Waals surface area contributed by atoms with Crippen LogP contribution in [0.3, 0.4) is 0 Å². The number of ether oxygens (including phenoxy) is 1. The molecular weight excluding hydrogens is 290 g/mol. The number of quaternary nitrogens is 1. The quantitative estimate of drug-likeness (QED) is 0.718. The second kappa shape index (κ2) is 8.79. The van der Waals surface area contributed by atoms with Crippen LogP contribution in [0.2, 0.25) is 0 Å². The molecule has 126 valence electrons. The highest BCUT2D eigenvalue weighted by Crippen LogP contribution is 2.14. The van der Waals surface area contributed by atoms with Crippen molar-refractivity contribution >= 4 is 10.9 Å². The van der Waals surface area contributed by atoms with Gasteiger partial charge in [-0.25, -0.2) is 4.98 Å². The van der Waals surface area contributed by atoms with Gasteiger partial charge in [0.25, 0.3) is 5.56 Å². The van der Waals surface area contributed by atoms with Crippen molar-refractivity contribution in [3.8, 4) is 0 Å². The number of unbranched alkanes of at least 4 members (excludes halogenated alkanes) is 1. The molecule has 1 aromatic heterocycles. The standard InChI is InChI=1S/C18H27N3O2/c1-4-6-11-19-15(5-2)17-20-16-10-8-7-9-14(16)18(22)21(17)12-13-23-3/h7-10,15,19H,4-6,11-13H2,1-3H3/p+1/t15-/m1/s1. The number of hydrogen-bond acceptors (Lipinski definition) is 3. The molecule has 0 fully saturated rings. The zero-order valence-electron chi connectivity index (χ0n) is 14.4. The van der Waals surface area contributed by atoms with Gasteiger partial charge in [-0.2, -0.15) is 0 Å². The molecule has 1 atom stereocenters. The van der Waals surface area contributed by atoms with Gasteiger partial charge in [-0.3, -0.25) is 9.36 Å². The van der Waals surface area contributed by atoms with Crippen molar-refractivity contribution in [1.82, 2.24) is 9.55 Å². The van der Waals surface area contributed by atoms with E-state index in [1.165, 1.54) is 12.8 Å². The fourth-order valence-corrected chi connectivity index (χ4v) is 2.84. The smallest absolute Gasteiger partial charge is 0.261 e. The molecule has 5 nitrogen and oxygen atoms in total. The second-order valence-electron chi connectivity index (χ2n) is 5.83. The van der Waals surface area contributed by atoms with Crippen LogP contribution in [0.25, 0.3) is 10.9 Å². The molecule has 23 heavy (non-hydrogen) atoms. The van der Waals surface area contributed by atoms with Crippen LogP contribution < -0.4 is 10.9 Å². The molecule has 1 heterocycles. The van der Waals surface area contributed by atoms with E-state index in [2.05, 4.69) is 19.2 Å². The Morgan fingerprint density at radius 3 is 2.78 bits per heavy atom. The Morgan fingerprint density at radius 2 is 2.09 bits per heavy atom. The first-order chi connectivity index (χ1) is 11.2. The Bertz CT molecular complexity index is 682. The summed E-state index contributed by atoms with van der Waals surface area (Å²) in [5.41, 5.74) is 0.813. The Labute approximate surface area is 137 Å². The van der Waals surface area contributed by atoms with Gasteiger partial charge in [0.15, 0.2) is 5.82 Å². The van der Waals surface area contributed by atoms with Crippen molar-refractivity contribution in [3.05, 3.63) is 40.4 Å². The van der Waals surface area contributed by atoms with Crippen LogP contribution in [0.5, 0.6) is 0 Å². The van der Waals surface area contributed by atoms with Crippen LogP contribution in [-0.4, -0.2) is 29.8 Å². The number of benzene rings is 1. The Balaban J connectivity index is 2.47. The molecule has 0 saturated carbocycles. The van der Waals surface area contributed by atoms with Crippen LogP contribution >= 0.6 is 0 Å². The fourth-order valence-electron chi connectivity index (χ4n) is 2.84. The van der Waals surface area contributed by atoms with Gasteiger partial charge >= 0.3 is 0 Å². The summed E-state index contributed by atoms with van der Waals surface area (Å²) in [5.74, 6) is 0.865. The second-order valence-corrected chi connectivity index (χ2v) is 5.83. The van der Waals surface area contributed by atoms with Crippen LogP contribution in [0.15, 0.2) is 29.1 Å². The maximum Gasteiger partial charge on any atom is 0.261 e. The van der Waals surface area contributed by atoms with Gasteiger partial charge in [-0.1, -0.05) is 32.4 Å². The third-order valence-corrected chi connectivity index (χ3v) is 4.19. The molecule has 0 amide bonds. The summed E-state index contributed by atoms with van der Waals surface area (Å²) in [4.78, 5) is 17.7. The van der Waals surface area contributed by atoms with Gasteiger partial charge in [0.2, 0.25) is 0 Å². The summed E-state index contributed by atoms with van der Waals surface area (Å²) in [5, 5.41) is 2.99. The summed E-state index contributed by atoms with van der Waals surface area (Å²) < 4.78 is 6.98. The predicted octanol–water partition coefficient (Wildman–Crippen LogP) is 1.86. The number of para-hydroxylation sites is 1. The van der Waals surface area contributed by atoms with Crippen molar-refractivity contribution in [3.63, 3.8) is 0 Å². The number of fused-ring (bicyclic) bond motifs is 1. The molecule has 2 aromatic rings. The van der Waals surface area contributed by atoms with Crippen LogP contribution in [0.4, 0.5) is 0 Å². The third-order valence-electron chi connectivity index (χ3n) is 4.19. The van der Waals surface area contributed by atoms with Gasteiger partial charge in [0, 0.05) is 13.5 Å². The first-order valence-electron chi connectivity index (χ1n) is 8.54. The summed E-state index contributed by atoms with van der Waals surface area (Å²) in [6, 6.07) is 7.78. The average molecular weight is 318 g/mol. The van der Waals surface area contributed by atoms with Gasteiger partial charge < -0.3 is 10.1 Å². The molecule has 0 aliphatic heterocycles. The number of rotatable bonds is 9. The number of nitrogens with zero attached hydrogens (tertiary/aromatic N) is 2. The molecule has 0 unspecified atom stereocenters. The molecule has 0 aliphatic carbocycles. The van der Waals surface area contributed by atoms with Gasteiger partial charge in [-0.15, -0.1) is 0 Å². The molecule has 0 bridgehead atoms. The lowest BCUT2D eigenvalue weighted by Gasteiger charge is -2.19. The molecule has 1 aromatic carbocycles. The van der Waals surface area contributed by atoms with E-state index in [0.29, 0.717) is 18.5 Å². The zero-order valence-corrected chi connectivity index (χ0v) is 14.4. The molecule has 0 saturated heterocycles. The minimum Gasteiger partial charge on any atom is -0.383 e. The summed E-state index contributed by atoms with van der Waals surface area (Å²) in [6.07, 6.45) is 3.29. The molecule has 0 aliphatic rings. The summed E-state index contributed by atoms with van der Waals surface area (Å²) in [7, 11) is 1.66. The molecule has 2 N–H and O–H groups in total. The Hall–Kier alpha value is -1.72. The third kappa shape index (κ3) is 4.18. The van der Waals surface area contributed by atoms with E-state index in [1.54, 1.807) is 11.7 Å². The number of nitrogens with two attached hydrogens (primary N) is 1. The Morgan fingerprint density at radius 1 is 1.30 bits per heavy atom. The molecule has 0 radical (unpaired) electrons. The maximum absolute atomic E-state index is 12.9. The van der Waals surface area contributed by atoms with Crippen molar-refractivity contribution in [2.24, 2.45) is 0 Å². The van der Waals surface area contributed by atoms with Crippen LogP contribution in [0.1, 0.15) is 45.0 Å². The SMILES string of the molecule is CCCC[NH2+][C@H](CC)c1nc2ccccc2c(=O)n1CCOC. The first kappa shape index (κ1) is 17.6. The Kier molecular flexibility index (Phi) is 6.74. The van der Waals surface area contributed by atoms with E-state index in [4.69, 9.17) is 9.72 Å². The van der Waals surface area contributed by atoms with E-state index >= 15 is 0 Å². The van der Waals surface area contributed by atoms with Gasteiger partial charge in [0.05, 0.1) is 30.6 Å². The molecular formula is C18H28N3O2+. The van der Waals surface area contributed by atoms with E-state index in [0.717, 1.165) is 24.3 Å². The summed E-state index contributed by atoms with van der Waals surface area (Å²) in [6.45, 7) is 6.45. The minimum atomic E-state index is 0.0324. The van der Waals surface area contributed by atoms with E-state index in [1.807, 2.05) is 24.3 Å². The van der Waals surface area contributed by atoms with Gasteiger partial charge in [-0.05, 0) is 18.6 Å². The molecule has 5 heteroatoms. The van der Waals surface area contributed by atoms with Crippen molar-refractivity contribution < 1.29 is 10.1 Å². The lowest BCUT2D eigenvalue weighted by molar-refractivity contribution is -0.698. The lowest BCUT2D eigenvalue weighted by atomic mass is 10.1. The molecule has 0 spiro atoms.